The first-order chi connectivity index (χ1) is 11.9. The van der Waals surface area contributed by atoms with Crippen LogP contribution in [0, 0.1) is 0 Å². The topological polar surface area (TPSA) is 0 Å². The van der Waals surface area contributed by atoms with Gasteiger partial charge < -0.3 is 0 Å². The maximum atomic E-state index is 2.65. The first-order valence-corrected chi connectivity index (χ1v) is 18.5. The molecule has 5 atom stereocenters. The van der Waals surface area contributed by atoms with Gasteiger partial charge in [-0.05, 0) is 0 Å². The summed E-state index contributed by atoms with van der Waals surface area (Å²) in [6, 6.07) is 12.3. The number of benzene rings is 1. The van der Waals surface area contributed by atoms with Gasteiger partial charge in [0.15, 0.2) is 0 Å². The Bertz CT molecular complexity index is 1360. The van der Waals surface area contributed by atoms with Crippen molar-refractivity contribution in [1.29, 1.82) is 0 Å². The molecule has 26 heavy (non-hydrogen) atoms. The first-order valence-electron chi connectivity index (χ1n) is 11.0. The van der Waals surface area contributed by atoms with E-state index in [9.17, 15) is 0 Å². The van der Waals surface area contributed by atoms with Crippen molar-refractivity contribution in [3.8, 4) is 0 Å². The van der Waals surface area contributed by atoms with Gasteiger partial charge in [-0.25, -0.2) is 0 Å². The van der Waals surface area contributed by atoms with Crippen LogP contribution < -0.4 is 0 Å². The minimum absolute atomic E-state index is 0.0676. The summed E-state index contributed by atoms with van der Waals surface area (Å²) >= 11 is 0. The molecule has 0 nitrogen and oxygen atoms in total. The Balaban J connectivity index is 1.40. The summed E-state index contributed by atoms with van der Waals surface area (Å²) in [4.78, 5) is 11.1. The summed E-state index contributed by atoms with van der Waals surface area (Å²) in [7, 11) is 0.0676. The van der Waals surface area contributed by atoms with E-state index >= 15 is 0 Å². The van der Waals surface area contributed by atoms with Crippen LogP contribution in [0.5, 0.6) is 0 Å². The average Bonchev–Trinajstić information content (AvgIpc) is 3.47. The van der Waals surface area contributed by atoms with E-state index < -0.39 is 6.51 Å². The second-order valence-corrected chi connectivity index (χ2v) is 43.4. The summed E-state index contributed by atoms with van der Waals surface area (Å²) in [5, 5.41) is 1.04. The summed E-state index contributed by atoms with van der Waals surface area (Å²) in [5.74, 6) is 0. The molecule has 1 aromatic carbocycles. The summed E-state index contributed by atoms with van der Waals surface area (Å²) in [5.41, 5.74) is 1.91. The minimum atomic E-state index is -3.40. The van der Waals surface area contributed by atoms with Gasteiger partial charge >= 0.3 is 149 Å². The molecule has 10 aliphatic heterocycles. The standard InChI is InChI=1S/C19H26P.C5H5.Fe/c1-18(2,3)20(19(4,5)6)17-14-10-13-16(17)15-11-8-7-9-12-15;1-2-4-5-3-1;/h7-14H,1-6H3;1-5H;. The van der Waals surface area contributed by atoms with Crippen molar-refractivity contribution in [2.75, 3.05) is 0 Å². The van der Waals surface area contributed by atoms with Gasteiger partial charge in [-0.15, -0.1) is 0 Å². The molecular formula is C24H31FeP. The fourth-order valence-electron chi connectivity index (χ4n) is 20.5. The van der Waals surface area contributed by atoms with Gasteiger partial charge in [0.25, 0.3) is 0 Å². The predicted molar refractivity (Wildman–Crippen MR) is 107 cm³/mol. The van der Waals surface area contributed by atoms with Crippen LogP contribution in [0.25, 0.3) is 0 Å². The van der Waals surface area contributed by atoms with E-state index in [1.165, 1.54) is 38.5 Å². The predicted octanol–water partition coefficient (Wildman–Crippen LogP) is 7.47. The molecule has 10 aliphatic rings. The zero-order chi connectivity index (χ0) is 17.6. The van der Waals surface area contributed by atoms with Crippen molar-refractivity contribution in [3.63, 3.8) is 0 Å². The Morgan fingerprint density at radius 2 is 1.23 bits per heavy atom. The van der Waals surface area contributed by atoms with E-state index in [2.05, 4.69) is 71.9 Å². The van der Waals surface area contributed by atoms with E-state index in [0.29, 0.717) is 10.3 Å². The van der Waals surface area contributed by atoms with Crippen LogP contribution in [0.4, 0.5) is 0 Å². The van der Waals surface area contributed by atoms with Crippen molar-refractivity contribution in [3.05, 3.63) is 35.9 Å². The average molecular weight is 406 g/mol. The first kappa shape index (κ1) is 12.7. The second kappa shape index (κ2) is 1.35. The number of fused-ring (bicyclic) bond motifs is 10. The number of rotatable bonds is 2. The van der Waals surface area contributed by atoms with E-state index in [1.807, 2.05) is 5.56 Å². The Morgan fingerprint density at radius 1 is 0.731 bits per heavy atom. The van der Waals surface area contributed by atoms with Gasteiger partial charge in [-0.1, -0.05) is 0 Å². The molecule has 1 spiro atoms. The molecule has 10 saturated heterocycles. The molecular weight excluding hydrogens is 375 g/mol. The Kier molecular flexibility index (Phi) is 0.660. The van der Waals surface area contributed by atoms with Crippen LogP contribution in [-0.2, 0) is 10.8 Å². The fraction of sp³-hybridized carbons (Fsp3) is 0.750. The van der Waals surface area contributed by atoms with Gasteiger partial charge in [0.1, 0.15) is 0 Å². The molecule has 0 bridgehead atoms. The van der Waals surface area contributed by atoms with Crippen molar-refractivity contribution in [2.24, 2.45) is 0 Å². The van der Waals surface area contributed by atoms with Crippen LogP contribution in [0.15, 0.2) is 30.3 Å². The molecule has 0 amide bonds. The molecule has 10 heterocycles. The van der Waals surface area contributed by atoms with E-state index in [1.54, 1.807) is 0 Å². The van der Waals surface area contributed by atoms with Crippen molar-refractivity contribution in [2.45, 2.75) is 98.8 Å². The zero-order valence-corrected chi connectivity index (χ0v) is 18.8. The molecule has 0 N–H and O–H groups in total. The quantitative estimate of drug-likeness (QED) is 0.353. The number of hydrogen-bond acceptors (Lipinski definition) is 0. The molecule has 0 aromatic heterocycles. The molecule has 5 unspecified atom stereocenters. The molecule has 0 aliphatic carbocycles. The van der Waals surface area contributed by atoms with Gasteiger partial charge in [-0.2, -0.15) is 0 Å². The molecule has 10 fully saturated rings. The van der Waals surface area contributed by atoms with Crippen molar-refractivity contribution < 1.29 is 6.51 Å². The maximum absolute atomic E-state index is 3.40. The van der Waals surface area contributed by atoms with Crippen LogP contribution >= 0.6 is 7.92 Å². The normalized spacial score (nSPS) is 86.4. The summed E-state index contributed by atoms with van der Waals surface area (Å²) in [6.07, 6.45) is 0. The van der Waals surface area contributed by atoms with Crippen LogP contribution in [-0.4, -0.2) is 14.4 Å². The van der Waals surface area contributed by atoms with Gasteiger partial charge in [0, 0.05) is 0 Å². The van der Waals surface area contributed by atoms with Gasteiger partial charge in [0.05, 0.1) is 0 Å². The molecule has 2 heteroatoms. The van der Waals surface area contributed by atoms with E-state index in [4.69, 9.17) is 0 Å². The van der Waals surface area contributed by atoms with Gasteiger partial charge in [-0.3, -0.25) is 0 Å². The molecule has 0 saturated carbocycles. The third-order valence-electron chi connectivity index (χ3n) is 17.6. The van der Waals surface area contributed by atoms with E-state index in [-0.39, 0.29) is 7.92 Å². The Hall–Kier alpha value is 0.169. The molecule has 11 rings (SSSR count). The van der Waals surface area contributed by atoms with Crippen molar-refractivity contribution in [1.82, 2.24) is 0 Å². The van der Waals surface area contributed by atoms with Crippen molar-refractivity contribution >= 4 is 7.92 Å². The second-order valence-electron chi connectivity index (χ2n) is 15.8. The van der Waals surface area contributed by atoms with Gasteiger partial charge in [0.2, 0.25) is 0 Å². The Morgan fingerprint density at radius 3 is 1.62 bits per heavy atom. The van der Waals surface area contributed by atoms with Crippen LogP contribution in [0.1, 0.15) is 47.1 Å². The third-order valence-corrected chi connectivity index (χ3v) is 68.5. The monoisotopic (exact) mass is 406 g/mol. The summed E-state index contributed by atoms with van der Waals surface area (Å²) < 4.78 is 1.79. The Labute approximate surface area is 148 Å². The van der Waals surface area contributed by atoms with Crippen LogP contribution in [0.2, 0.25) is 38.5 Å². The fourth-order valence-corrected chi connectivity index (χ4v) is 114. The SMILES string of the molecule is CC(C)(C)P(C(C)(C)C)[C]12[CH]3[CH]4[CH]5[C]1(c1ccccc1)[Fe]45321678[CH]2[CH]1[CH]6[CH]7[CH]28. The molecule has 140 valence electrons. The molecule has 1 aromatic rings. The zero-order valence-electron chi connectivity index (χ0n) is 16.8. The summed E-state index contributed by atoms with van der Waals surface area (Å²) in [6.45, 7) is 12.5. The number of hydrogen-bond donors (Lipinski definition) is 0. The third kappa shape index (κ3) is 0.193. The molecule has 0 radical (unpaired) electrons. The van der Waals surface area contributed by atoms with Crippen LogP contribution in [0.3, 0.4) is 0 Å². The van der Waals surface area contributed by atoms with E-state index in [0.717, 1.165) is 8.37 Å².